The van der Waals surface area contributed by atoms with Crippen molar-refractivity contribution in [1.29, 1.82) is 5.26 Å². The van der Waals surface area contributed by atoms with Crippen molar-refractivity contribution in [1.82, 2.24) is 4.31 Å². The van der Waals surface area contributed by atoms with Crippen LogP contribution in [0, 0.1) is 22.6 Å². The van der Waals surface area contributed by atoms with Gasteiger partial charge >= 0.3 is 5.97 Å². The van der Waals surface area contributed by atoms with E-state index in [1.165, 1.54) is 30.3 Å². The summed E-state index contributed by atoms with van der Waals surface area (Å²) in [4.78, 5) is 12.4. The van der Waals surface area contributed by atoms with Crippen LogP contribution in [0.1, 0.15) is 12.5 Å². The number of halogens is 3. The summed E-state index contributed by atoms with van der Waals surface area (Å²) in [5, 5.41) is 9.06. The van der Waals surface area contributed by atoms with E-state index in [1.807, 2.05) is 0 Å². The van der Waals surface area contributed by atoms with Crippen LogP contribution in [-0.4, -0.2) is 45.0 Å². The van der Waals surface area contributed by atoms with E-state index >= 15 is 0 Å². The van der Waals surface area contributed by atoms with Gasteiger partial charge in [-0.3, -0.25) is 4.79 Å². The summed E-state index contributed by atoms with van der Waals surface area (Å²) >= 11 is 11.9. The van der Waals surface area contributed by atoms with Crippen LogP contribution in [0.3, 0.4) is 0 Å². The summed E-state index contributed by atoms with van der Waals surface area (Å²) in [7, 11) is -3.98. The Labute approximate surface area is 188 Å². The first-order valence-corrected chi connectivity index (χ1v) is 11.3. The fourth-order valence-corrected chi connectivity index (χ4v) is 5.44. The summed E-state index contributed by atoms with van der Waals surface area (Å²) in [5.41, 5.74) is -1.42. The van der Waals surface area contributed by atoms with Gasteiger partial charge in [-0.2, -0.15) is 9.57 Å². The molecule has 0 N–H and O–H groups in total. The lowest BCUT2D eigenvalue weighted by Gasteiger charge is -2.46. The van der Waals surface area contributed by atoms with Gasteiger partial charge in [-0.15, -0.1) is 0 Å². The molecule has 0 aromatic heterocycles. The van der Waals surface area contributed by atoms with E-state index in [4.69, 9.17) is 37.9 Å². The molecule has 0 amide bonds. The molecule has 164 valence electrons. The van der Waals surface area contributed by atoms with Crippen LogP contribution in [0.4, 0.5) is 4.39 Å². The van der Waals surface area contributed by atoms with Crippen LogP contribution < -0.4 is 4.74 Å². The molecule has 11 heteroatoms. The number of nitriles is 1. The number of nitrogens with zero attached hydrogens (tertiary/aromatic N) is 2. The first-order valence-electron chi connectivity index (χ1n) is 9.08. The second kappa shape index (κ2) is 9.01. The molecule has 0 bridgehead atoms. The van der Waals surface area contributed by atoms with Crippen LogP contribution in [0.5, 0.6) is 5.75 Å². The van der Waals surface area contributed by atoms with Crippen molar-refractivity contribution in [2.75, 3.05) is 26.3 Å². The minimum atomic E-state index is -3.98. The minimum Gasteiger partial charge on any atom is -0.492 e. The summed E-state index contributed by atoms with van der Waals surface area (Å²) in [5.74, 6) is -1.29. The van der Waals surface area contributed by atoms with Crippen LogP contribution in [0.25, 0.3) is 0 Å². The minimum absolute atomic E-state index is 0.0366. The molecule has 0 saturated carbocycles. The van der Waals surface area contributed by atoms with Gasteiger partial charge in [-0.05, 0) is 37.3 Å². The highest BCUT2D eigenvalue weighted by molar-refractivity contribution is 7.89. The highest BCUT2D eigenvalue weighted by Crippen LogP contribution is 2.39. The average molecular weight is 487 g/mol. The van der Waals surface area contributed by atoms with E-state index in [0.717, 1.165) is 10.4 Å². The average Bonchev–Trinajstić information content (AvgIpc) is 2.67. The molecule has 0 aliphatic carbocycles. The first kappa shape index (κ1) is 23.3. The molecule has 0 spiro atoms. The lowest BCUT2D eigenvalue weighted by atomic mass is 9.82. The predicted molar refractivity (Wildman–Crippen MR) is 111 cm³/mol. The van der Waals surface area contributed by atoms with E-state index < -0.39 is 27.2 Å². The highest BCUT2D eigenvalue weighted by Gasteiger charge is 2.55. The molecule has 1 aliphatic rings. The molecule has 1 heterocycles. The van der Waals surface area contributed by atoms with Crippen molar-refractivity contribution in [2.24, 2.45) is 5.41 Å². The van der Waals surface area contributed by atoms with Crippen molar-refractivity contribution in [3.8, 4) is 11.8 Å². The summed E-state index contributed by atoms with van der Waals surface area (Å²) in [6, 6.07) is 9.38. The van der Waals surface area contributed by atoms with E-state index in [1.54, 1.807) is 13.0 Å². The quantitative estimate of drug-likeness (QED) is 0.554. The third-order valence-electron chi connectivity index (χ3n) is 4.75. The molecular formula is C20H17Cl2FN2O5S. The normalized spacial score (nSPS) is 15.6. The molecule has 7 nitrogen and oxygen atoms in total. The summed E-state index contributed by atoms with van der Waals surface area (Å²) in [6.07, 6.45) is 0. The Hall–Kier alpha value is -2.38. The number of sulfonamides is 1. The van der Waals surface area contributed by atoms with E-state index in [9.17, 15) is 17.6 Å². The van der Waals surface area contributed by atoms with Gasteiger partial charge in [-0.25, -0.2) is 12.8 Å². The molecule has 2 aromatic carbocycles. The number of hydrogen-bond donors (Lipinski definition) is 0. The standard InChI is InChI=1S/C20H17Cl2FN2O5S/c1-2-29-19(26)20(12-30-15-5-3-13(9-24)17(23)8-15)10-25(11-20)31(27,28)18-6-4-14(21)7-16(18)22/h3-8H,2,10-12H2,1H3. The molecule has 1 aliphatic heterocycles. The number of esters is 1. The third kappa shape index (κ3) is 4.62. The maximum absolute atomic E-state index is 13.8. The second-order valence-electron chi connectivity index (χ2n) is 6.89. The SMILES string of the molecule is CCOC(=O)C1(COc2ccc(C#N)c(F)c2)CN(S(=O)(=O)c2ccc(Cl)cc2Cl)C1. The Morgan fingerprint density at radius 3 is 2.55 bits per heavy atom. The topological polar surface area (TPSA) is 96.7 Å². The zero-order valence-electron chi connectivity index (χ0n) is 16.3. The Kier molecular flexibility index (Phi) is 6.76. The van der Waals surface area contributed by atoms with Crippen molar-refractivity contribution < 1.29 is 27.1 Å². The molecule has 3 rings (SSSR count). The smallest absolute Gasteiger partial charge is 0.318 e. The fourth-order valence-electron chi connectivity index (χ4n) is 3.08. The number of carbonyl (C=O) groups is 1. The molecule has 0 atom stereocenters. The van der Waals surface area contributed by atoms with Gasteiger partial charge in [0.25, 0.3) is 0 Å². The van der Waals surface area contributed by atoms with E-state index in [0.29, 0.717) is 0 Å². The molecule has 0 unspecified atom stereocenters. The summed E-state index contributed by atoms with van der Waals surface area (Å²) < 4.78 is 51.4. The number of rotatable bonds is 7. The Morgan fingerprint density at radius 2 is 1.97 bits per heavy atom. The Bertz CT molecular complexity index is 1160. The Balaban J connectivity index is 1.80. The molecule has 2 aromatic rings. The van der Waals surface area contributed by atoms with Gasteiger partial charge < -0.3 is 9.47 Å². The van der Waals surface area contributed by atoms with Gasteiger partial charge in [-0.1, -0.05) is 23.2 Å². The van der Waals surface area contributed by atoms with Crippen LogP contribution in [0.2, 0.25) is 10.0 Å². The lowest BCUT2D eigenvalue weighted by Crippen LogP contribution is -2.64. The van der Waals surface area contributed by atoms with Gasteiger partial charge in [0.05, 0.1) is 17.2 Å². The number of ether oxygens (including phenoxy) is 2. The third-order valence-corrected chi connectivity index (χ3v) is 7.26. The highest BCUT2D eigenvalue weighted by atomic mass is 35.5. The van der Waals surface area contributed by atoms with Crippen LogP contribution in [0.15, 0.2) is 41.3 Å². The second-order valence-corrected chi connectivity index (χ2v) is 9.64. The molecule has 31 heavy (non-hydrogen) atoms. The van der Waals surface area contributed by atoms with Crippen molar-refractivity contribution >= 4 is 39.2 Å². The Morgan fingerprint density at radius 1 is 1.26 bits per heavy atom. The zero-order valence-corrected chi connectivity index (χ0v) is 18.6. The van der Waals surface area contributed by atoms with Gasteiger partial charge in [0.2, 0.25) is 10.0 Å². The first-order chi connectivity index (χ1) is 14.6. The van der Waals surface area contributed by atoms with Gasteiger partial charge in [0.15, 0.2) is 0 Å². The molecular weight excluding hydrogens is 470 g/mol. The van der Waals surface area contributed by atoms with E-state index in [-0.39, 0.29) is 52.6 Å². The van der Waals surface area contributed by atoms with Crippen molar-refractivity contribution in [3.05, 3.63) is 57.8 Å². The fraction of sp³-hybridized carbons (Fsp3) is 0.300. The van der Waals surface area contributed by atoms with E-state index in [2.05, 4.69) is 0 Å². The van der Waals surface area contributed by atoms with Gasteiger partial charge in [0.1, 0.15) is 34.6 Å². The molecule has 1 fully saturated rings. The number of hydrogen-bond acceptors (Lipinski definition) is 6. The van der Waals surface area contributed by atoms with Crippen LogP contribution >= 0.6 is 23.2 Å². The number of benzene rings is 2. The summed E-state index contributed by atoms with van der Waals surface area (Å²) in [6.45, 7) is 1.08. The zero-order chi connectivity index (χ0) is 22.8. The van der Waals surface area contributed by atoms with Gasteiger partial charge in [0, 0.05) is 24.2 Å². The maximum atomic E-state index is 13.8. The predicted octanol–water partition coefficient (Wildman–Crippen LogP) is 3.64. The monoisotopic (exact) mass is 486 g/mol. The number of carbonyl (C=O) groups excluding carboxylic acids is 1. The largest absolute Gasteiger partial charge is 0.492 e. The molecule has 1 saturated heterocycles. The molecule has 0 radical (unpaired) electrons. The van der Waals surface area contributed by atoms with Crippen molar-refractivity contribution in [3.63, 3.8) is 0 Å². The van der Waals surface area contributed by atoms with Crippen LogP contribution in [-0.2, 0) is 19.6 Å². The van der Waals surface area contributed by atoms with Crippen molar-refractivity contribution in [2.45, 2.75) is 11.8 Å². The maximum Gasteiger partial charge on any atom is 0.318 e. The lowest BCUT2D eigenvalue weighted by molar-refractivity contribution is -0.165.